The van der Waals surface area contributed by atoms with Gasteiger partial charge in [-0.25, -0.2) is 14.6 Å². The van der Waals surface area contributed by atoms with Gasteiger partial charge in [0.1, 0.15) is 5.60 Å². The Hall–Kier alpha value is -2.16. The number of hydrogen-bond acceptors (Lipinski definition) is 6. The van der Waals surface area contributed by atoms with E-state index in [1.54, 1.807) is 20.8 Å². The van der Waals surface area contributed by atoms with Gasteiger partial charge in [0.15, 0.2) is 0 Å². The molecular formula is C12H20N4O5. The highest BCUT2D eigenvalue weighted by Gasteiger charge is 2.36. The molecule has 0 spiro atoms. The summed E-state index contributed by atoms with van der Waals surface area (Å²) in [5.74, 6) is -0.487. The number of aliphatic hydroxyl groups is 1. The number of hydrazone groups is 1. The van der Waals surface area contributed by atoms with Crippen molar-refractivity contribution in [1.82, 2.24) is 15.4 Å². The van der Waals surface area contributed by atoms with Crippen LogP contribution in [0.25, 0.3) is 0 Å². The summed E-state index contributed by atoms with van der Waals surface area (Å²) in [5.41, 5.74) is 1.60. The Labute approximate surface area is 122 Å². The minimum atomic E-state index is -0.987. The molecule has 0 aliphatic carbocycles. The average molecular weight is 300 g/mol. The molecular weight excluding hydrogens is 280 g/mol. The summed E-state index contributed by atoms with van der Waals surface area (Å²) in [6, 6.07) is -0.858. The lowest BCUT2D eigenvalue weighted by Crippen LogP contribution is -2.58. The van der Waals surface area contributed by atoms with Gasteiger partial charge in [-0.05, 0) is 27.7 Å². The normalized spacial score (nSPS) is 17.2. The van der Waals surface area contributed by atoms with Gasteiger partial charge in [-0.15, -0.1) is 5.01 Å². The number of carbonyl (C=O) groups is 3. The molecule has 1 heterocycles. The van der Waals surface area contributed by atoms with Crippen LogP contribution in [0.2, 0.25) is 0 Å². The molecule has 0 bridgehead atoms. The molecule has 1 aliphatic rings. The Morgan fingerprint density at radius 1 is 1.43 bits per heavy atom. The number of aliphatic hydroxyl groups excluding tert-OH is 1. The standard InChI is InChI=1S/C12H20N4O5/c1-7(17)9-6-15(13-8(2)18)10(19)16(14-9)11(20)21-12(3,4)5/h7,17H,6H2,1-5H3,(H,13,18). The second kappa shape index (κ2) is 6.08. The van der Waals surface area contributed by atoms with E-state index in [4.69, 9.17) is 4.74 Å². The fraction of sp³-hybridized carbons (Fsp3) is 0.667. The molecule has 1 aliphatic heterocycles. The SMILES string of the molecule is CC(=O)NN1CC(C(C)O)=NN(C(=O)OC(C)(C)C)C1=O. The highest BCUT2D eigenvalue weighted by molar-refractivity contribution is 6.01. The molecule has 1 unspecified atom stereocenters. The molecule has 9 heteroatoms. The van der Waals surface area contributed by atoms with Gasteiger partial charge in [0.25, 0.3) is 0 Å². The van der Waals surface area contributed by atoms with E-state index in [9.17, 15) is 19.5 Å². The largest absolute Gasteiger partial charge is 0.442 e. The minimum absolute atomic E-state index is 0.116. The number of hydrogen-bond donors (Lipinski definition) is 2. The fourth-order valence-electron chi connectivity index (χ4n) is 1.46. The Balaban J connectivity index is 3.03. The van der Waals surface area contributed by atoms with Gasteiger partial charge in [0.2, 0.25) is 5.91 Å². The molecule has 9 nitrogen and oxygen atoms in total. The van der Waals surface area contributed by atoms with Crippen LogP contribution in [0.5, 0.6) is 0 Å². The zero-order valence-corrected chi connectivity index (χ0v) is 12.7. The number of rotatable bonds is 2. The van der Waals surface area contributed by atoms with Crippen molar-refractivity contribution in [3.05, 3.63) is 0 Å². The van der Waals surface area contributed by atoms with E-state index in [0.717, 1.165) is 5.01 Å². The van der Waals surface area contributed by atoms with Gasteiger partial charge in [0.05, 0.1) is 18.4 Å². The first kappa shape index (κ1) is 16.9. The first-order valence-corrected chi connectivity index (χ1v) is 6.38. The number of urea groups is 1. The van der Waals surface area contributed by atoms with Crippen molar-refractivity contribution in [2.45, 2.75) is 46.3 Å². The zero-order chi connectivity index (χ0) is 16.4. The molecule has 0 saturated heterocycles. The van der Waals surface area contributed by atoms with Crippen LogP contribution < -0.4 is 5.43 Å². The minimum Gasteiger partial charge on any atom is -0.442 e. The van der Waals surface area contributed by atoms with Crippen LogP contribution in [-0.2, 0) is 9.53 Å². The van der Waals surface area contributed by atoms with Gasteiger partial charge in [0, 0.05) is 6.92 Å². The van der Waals surface area contributed by atoms with Crippen LogP contribution in [0, 0.1) is 0 Å². The maximum atomic E-state index is 12.1. The van der Waals surface area contributed by atoms with Crippen molar-refractivity contribution < 1.29 is 24.2 Å². The summed E-state index contributed by atoms with van der Waals surface area (Å²) >= 11 is 0. The van der Waals surface area contributed by atoms with Gasteiger partial charge >= 0.3 is 12.1 Å². The first-order chi connectivity index (χ1) is 9.51. The molecule has 2 N–H and O–H groups in total. The van der Waals surface area contributed by atoms with E-state index in [-0.39, 0.29) is 12.3 Å². The summed E-state index contributed by atoms with van der Waals surface area (Å²) in [6.07, 6.45) is -1.97. The van der Waals surface area contributed by atoms with Gasteiger partial charge in [-0.2, -0.15) is 5.10 Å². The molecule has 118 valence electrons. The quantitative estimate of drug-likeness (QED) is 0.769. The van der Waals surface area contributed by atoms with Crippen molar-refractivity contribution in [2.75, 3.05) is 6.54 Å². The molecule has 1 rings (SSSR count). The highest BCUT2D eigenvalue weighted by atomic mass is 16.6. The van der Waals surface area contributed by atoms with Crippen molar-refractivity contribution in [3.8, 4) is 0 Å². The maximum absolute atomic E-state index is 12.1. The summed E-state index contributed by atoms with van der Waals surface area (Å²) in [4.78, 5) is 35.2. The van der Waals surface area contributed by atoms with Crippen molar-refractivity contribution in [2.24, 2.45) is 5.10 Å². The number of imide groups is 1. The molecule has 0 aromatic heterocycles. The molecule has 4 amide bonds. The smallest absolute Gasteiger partial charge is 0.439 e. The summed E-state index contributed by atoms with van der Waals surface area (Å²) < 4.78 is 5.07. The summed E-state index contributed by atoms with van der Waals surface area (Å²) in [7, 11) is 0. The van der Waals surface area contributed by atoms with Crippen LogP contribution in [0.15, 0.2) is 5.10 Å². The number of ether oxygens (including phenoxy) is 1. The van der Waals surface area contributed by atoms with Gasteiger partial charge in [-0.1, -0.05) is 0 Å². The molecule has 1 atom stereocenters. The zero-order valence-electron chi connectivity index (χ0n) is 12.7. The lowest BCUT2D eigenvalue weighted by Gasteiger charge is -2.33. The van der Waals surface area contributed by atoms with E-state index >= 15 is 0 Å². The molecule has 0 aromatic rings. The second-order valence-electron chi connectivity index (χ2n) is 5.60. The van der Waals surface area contributed by atoms with Crippen molar-refractivity contribution in [1.29, 1.82) is 0 Å². The fourth-order valence-corrected chi connectivity index (χ4v) is 1.46. The predicted octanol–water partition coefficient (Wildman–Crippen LogP) is 0.447. The highest BCUT2D eigenvalue weighted by Crippen LogP contribution is 2.14. The van der Waals surface area contributed by atoms with Crippen LogP contribution in [-0.4, -0.2) is 57.1 Å². The van der Waals surface area contributed by atoms with E-state index in [0.29, 0.717) is 5.01 Å². The van der Waals surface area contributed by atoms with Crippen LogP contribution in [0.3, 0.4) is 0 Å². The Morgan fingerprint density at radius 2 is 2.00 bits per heavy atom. The summed E-state index contributed by atoms with van der Waals surface area (Å²) in [5, 5.41) is 14.7. The first-order valence-electron chi connectivity index (χ1n) is 6.38. The lowest BCUT2D eigenvalue weighted by atomic mass is 10.2. The van der Waals surface area contributed by atoms with E-state index < -0.39 is 29.7 Å². The summed E-state index contributed by atoms with van der Waals surface area (Å²) in [6.45, 7) is 7.47. The molecule has 0 radical (unpaired) electrons. The number of carbonyl (C=O) groups excluding carboxylic acids is 3. The van der Waals surface area contributed by atoms with E-state index in [1.165, 1.54) is 13.8 Å². The maximum Gasteiger partial charge on any atom is 0.439 e. The Kier molecular flexibility index (Phi) is 4.89. The lowest BCUT2D eigenvalue weighted by molar-refractivity contribution is -0.122. The number of nitrogens with one attached hydrogen (secondary N) is 1. The topological polar surface area (TPSA) is 112 Å². The van der Waals surface area contributed by atoms with Gasteiger partial charge < -0.3 is 9.84 Å². The molecule has 0 saturated carbocycles. The van der Waals surface area contributed by atoms with Crippen LogP contribution in [0.1, 0.15) is 34.6 Å². The van der Waals surface area contributed by atoms with Crippen molar-refractivity contribution in [3.63, 3.8) is 0 Å². The average Bonchev–Trinajstić information content (AvgIpc) is 2.28. The third-order valence-electron chi connectivity index (χ3n) is 2.30. The van der Waals surface area contributed by atoms with Crippen LogP contribution in [0.4, 0.5) is 9.59 Å². The van der Waals surface area contributed by atoms with Crippen molar-refractivity contribution >= 4 is 23.7 Å². The number of amides is 4. The van der Waals surface area contributed by atoms with E-state index in [1.807, 2.05) is 0 Å². The predicted molar refractivity (Wildman–Crippen MR) is 73.1 cm³/mol. The Morgan fingerprint density at radius 3 is 2.43 bits per heavy atom. The third-order valence-corrected chi connectivity index (χ3v) is 2.30. The molecule has 21 heavy (non-hydrogen) atoms. The second-order valence-corrected chi connectivity index (χ2v) is 5.60. The Bertz CT molecular complexity index is 481. The van der Waals surface area contributed by atoms with Crippen LogP contribution >= 0.6 is 0 Å². The van der Waals surface area contributed by atoms with E-state index in [2.05, 4.69) is 10.5 Å². The van der Waals surface area contributed by atoms with Gasteiger partial charge in [-0.3, -0.25) is 10.2 Å². The molecule has 0 fully saturated rings. The number of nitrogens with zero attached hydrogens (tertiary/aromatic N) is 3. The number of hydrazine groups is 1. The third kappa shape index (κ3) is 4.71. The molecule has 0 aromatic carbocycles. The monoisotopic (exact) mass is 300 g/mol.